The third kappa shape index (κ3) is 5.53. The number of likely N-dealkylation sites (tertiary alicyclic amines) is 1. The minimum absolute atomic E-state index is 0.0661. The van der Waals surface area contributed by atoms with Gasteiger partial charge in [0.2, 0.25) is 11.7 Å². The predicted octanol–water partition coefficient (Wildman–Crippen LogP) is 4.14. The van der Waals surface area contributed by atoms with E-state index < -0.39 is 5.92 Å². The summed E-state index contributed by atoms with van der Waals surface area (Å²) in [5.41, 5.74) is 1.35. The van der Waals surface area contributed by atoms with Gasteiger partial charge in [-0.15, -0.1) is 0 Å². The highest BCUT2D eigenvalue weighted by atomic mass is 35.5. The van der Waals surface area contributed by atoms with Crippen LogP contribution in [0.4, 0.5) is 0 Å². The normalized spacial score (nSPS) is 17.5. The van der Waals surface area contributed by atoms with Crippen molar-refractivity contribution >= 4 is 23.4 Å². The average molecular weight is 475 g/mol. The Kier molecular flexibility index (Phi) is 8.44. The van der Waals surface area contributed by atoms with E-state index in [-0.39, 0.29) is 17.7 Å². The van der Waals surface area contributed by atoms with Gasteiger partial charge in [-0.3, -0.25) is 9.59 Å². The summed E-state index contributed by atoms with van der Waals surface area (Å²) >= 11 is 6.09. The predicted molar refractivity (Wildman–Crippen MR) is 128 cm³/mol. The molecule has 1 fully saturated rings. The van der Waals surface area contributed by atoms with Crippen molar-refractivity contribution < 1.29 is 23.8 Å². The number of unbranched alkanes of at least 4 members (excludes halogenated alkanes) is 1. The highest BCUT2D eigenvalue weighted by molar-refractivity contribution is 6.30. The number of hydrogen-bond acceptors (Lipinski definition) is 5. The first-order valence-corrected chi connectivity index (χ1v) is 11.4. The van der Waals surface area contributed by atoms with Crippen molar-refractivity contribution in [1.29, 1.82) is 0 Å². The Hall–Kier alpha value is -2.93. The number of carbonyl (C=O) groups excluding carboxylic acids is 2. The van der Waals surface area contributed by atoms with Gasteiger partial charge in [-0.25, -0.2) is 0 Å². The molecule has 1 heterocycles. The molecule has 1 aliphatic rings. The summed E-state index contributed by atoms with van der Waals surface area (Å²) in [6.07, 6.45) is 1.89. The number of hydrogen-bond donors (Lipinski definition) is 1. The van der Waals surface area contributed by atoms with Crippen LogP contribution < -0.4 is 19.5 Å². The van der Waals surface area contributed by atoms with Crippen LogP contribution in [0.3, 0.4) is 0 Å². The maximum atomic E-state index is 13.2. The zero-order valence-electron chi connectivity index (χ0n) is 19.5. The van der Waals surface area contributed by atoms with Gasteiger partial charge in [-0.1, -0.05) is 31.0 Å². The lowest BCUT2D eigenvalue weighted by Crippen LogP contribution is -2.36. The van der Waals surface area contributed by atoms with Gasteiger partial charge in [-0.05, 0) is 42.3 Å². The zero-order valence-corrected chi connectivity index (χ0v) is 20.3. The van der Waals surface area contributed by atoms with Crippen LogP contribution in [-0.4, -0.2) is 57.7 Å². The Morgan fingerprint density at radius 3 is 2.33 bits per heavy atom. The van der Waals surface area contributed by atoms with Crippen molar-refractivity contribution in [2.45, 2.75) is 25.7 Å². The molecule has 3 rings (SSSR count). The average Bonchev–Trinajstić information content (AvgIpc) is 3.28. The molecule has 1 N–H and O–H groups in total. The second-order valence-corrected chi connectivity index (χ2v) is 8.47. The molecule has 1 aliphatic heterocycles. The molecule has 0 radical (unpaired) electrons. The van der Waals surface area contributed by atoms with Crippen LogP contribution in [0.15, 0.2) is 36.4 Å². The van der Waals surface area contributed by atoms with Crippen LogP contribution in [0.25, 0.3) is 0 Å². The van der Waals surface area contributed by atoms with Crippen molar-refractivity contribution in [3.05, 3.63) is 52.5 Å². The number of methoxy groups -OCH3 is 3. The lowest BCUT2D eigenvalue weighted by Gasteiger charge is -2.21. The molecule has 0 aliphatic carbocycles. The van der Waals surface area contributed by atoms with E-state index in [4.69, 9.17) is 25.8 Å². The van der Waals surface area contributed by atoms with Crippen LogP contribution in [0.1, 0.15) is 41.6 Å². The van der Waals surface area contributed by atoms with Gasteiger partial charge < -0.3 is 24.4 Å². The van der Waals surface area contributed by atoms with Crippen molar-refractivity contribution in [2.75, 3.05) is 41.0 Å². The van der Waals surface area contributed by atoms with E-state index in [0.717, 1.165) is 18.4 Å². The summed E-state index contributed by atoms with van der Waals surface area (Å²) in [5, 5.41) is 3.52. The number of nitrogens with one attached hydrogen (secondary N) is 1. The topological polar surface area (TPSA) is 77.1 Å². The highest BCUT2D eigenvalue weighted by Crippen LogP contribution is 2.43. The molecule has 2 aromatic rings. The van der Waals surface area contributed by atoms with Crippen LogP contribution in [-0.2, 0) is 4.79 Å². The molecule has 2 atom stereocenters. The van der Waals surface area contributed by atoms with Gasteiger partial charge in [-0.2, -0.15) is 0 Å². The minimum atomic E-state index is -0.409. The molecule has 0 saturated carbocycles. The monoisotopic (exact) mass is 474 g/mol. The molecule has 2 amide bonds. The van der Waals surface area contributed by atoms with E-state index >= 15 is 0 Å². The third-order valence-corrected chi connectivity index (χ3v) is 6.20. The number of nitrogens with zero attached hydrogens (tertiary/aromatic N) is 1. The Morgan fingerprint density at radius 2 is 1.76 bits per heavy atom. The molecule has 2 aromatic carbocycles. The SMILES string of the molecule is CCCCNC(=O)[C@H]1CN(C(=O)c2cccc(Cl)c2)C[C@H]1c1cc(OC)c(OC)c(OC)c1. The van der Waals surface area contributed by atoms with Gasteiger partial charge in [0, 0.05) is 36.1 Å². The molecular weight excluding hydrogens is 444 g/mol. The molecule has 7 nitrogen and oxygen atoms in total. The highest BCUT2D eigenvalue weighted by Gasteiger charge is 2.41. The van der Waals surface area contributed by atoms with Gasteiger partial charge in [0.1, 0.15) is 0 Å². The molecule has 0 aromatic heterocycles. The van der Waals surface area contributed by atoms with Gasteiger partial charge in [0.05, 0.1) is 27.2 Å². The molecule has 0 unspecified atom stereocenters. The van der Waals surface area contributed by atoms with Crippen LogP contribution >= 0.6 is 11.6 Å². The molecule has 8 heteroatoms. The summed E-state index contributed by atoms with van der Waals surface area (Å²) in [4.78, 5) is 28.1. The second kappa shape index (κ2) is 11.3. The van der Waals surface area contributed by atoms with Crippen LogP contribution in [0, 0.1) is 5.92 Å². The summed E-state index contributed by atoms with van der Waals surface area (Å²) in [7, 11) is 4.66. The van der Waals surface area contributed by atoms with E-state index in [0.29, 0.717) is 47.5 Å². The fourth-order valence-corrected chi connectivity index (χ4v) is 4.40. The molecule has 0 bridgehead atoms. The second-order valence-electron chi connectivity index (χ2n) is 8.04. The number of benzene rings is 2. The first-order chi connectivity index (χ1) is 15.9. The minimum Gasteiger partial charge on any atom is -0.493 e. The molecule has 0 spiro atoms. The lowest BCUT2D eigenvalue weighted by molar-refractivity contribution is -0.124. The summed E-state index contributed by atoms with van der Waals surface area (Å²) in [6.45, 7) is 3.38. The van der Waals surface area contributed by atoms with E-state index in [2.05, 4.69) is 12.2 Å². The largest absolute Gasteiger partial charge is 0.493 e. The zero-order chi connectivity index (χ0) is 24.0. The Bertz CT molecular complexity index is 972. The molecule has 33 heavy (non-hydrogen) atoms. The Labute approximate surface area is 200 Å². The van der Waals surface area contributed by atoms with E-state index in [1.165, 1.54) is 0 Å². The van der Waals surface area contributed by atoms with Crippen molar-refractivity contribution in [3.8, 4) is 17.2 Å². The molecular formula is C25H31ClN2O5. The smallest absolute Gasteiger partial charge is 0.253 e. The number of halogens is 1. The number of rotatable bonds is 9. The molecule has 1 saturated heterocycles. The van der Waals surface area contributed by atoms with Crippen LogP contribution in [0.5, 0.6) is 17.2 Å². The third-order valence-electron chi connectivity index (χ3n) is 5.96. The van der Waals surface area contributed by atoms with Gasteiger partial charge in [0.25, 0.3) is 5.91 Å². The number of amides is 2. The van der Waals surface area contributed by atoms with Gasteiger partial charge in [0.15, 0.2) is 11.5 Å². The van der Waals surface area contributed by atoms with Crippen molar-refractivity contribution in [3.63, 3.8) is 0 Å². The lowest BCUT2D eigenvalue weighted by atomic mass is 9.88. The fourth-order valence-electron chi connectivity index (χ4n) is 4.21. The first-order valence-electron chi connectivity index (χ1n) is 11.1. The van der Waals surface area contributed by atoms with Gasteiger partial charge >= 0.3 is 0 Å². The van der Waals surface area contributed by atoms with Crippen molar-refractivity contribution in [2.24, 2.45) is 5.92 Å². The van der Waals surface area contributed by atoms with E-state index in [9.17, 15) is 9.59 Å². The molecule has 178 valence electrons. The van der Waals surface area contributed by atoms with E-state index in [1.54, 1.807) is 50.5 Å². The summed E-state index contributed by atoms with van der Waals surface area (Å²) in [6, 6.07) is 10.6. The fraction of sp³-hybridized carbons (Fsp3) is 0.440. The number of ether oxygens (including phenoxy) is 3. The summed E-state index contributed by atoms with van der Waals surface area (Å²) in [5.74, 6) is 0.643. The van der Waals surface area contributed by atoms with E-state index in [1.807, 2.05) is 12.1 Å². The van der Waals surface area contributed by atoms with Crippen molar-refractivity contribution in [1.82, 2.24) is 10.2 Å². The maximum Gasteiger partial charge on any atom is 0.253 e. The Morgan fingerprint density at radius 1 is 1.06 bits per heavy atom. The standard InChI is InChI=1S/C25H31ClN2O5/c1-5-6-10-27-24(29)20-15-28(25(30)16-8-7-9-18(26)11-16)14-19(20)17-12-21(31-2)23(33-4)22(13-17)32-3/h7-9,11-13,19-20H,5-6,10,14-15H2,1-4H3,(H,27,29)/t19-,20-/m0/s1. The Balaban J connectivity index is 1.95. The quantitative estimate of drug-likeness (QED) is 0.553. The maximum absolute atomic E-state index is 13.2. The number of carbonyl (C=O) groups is 2. The summed E-state index contributed by atoms with van der Waals surface area (Å²) < 4.78 is 16.5. The van der Waals surface area contributed by atoms with Crippen LogP contribution in [0.2, 0.25) is 5.02 Å². The first kappa shape index (κ1) is 24.7.